The van der Waals surface area contributed by atoms with E-state index in [-0.39, 0.29) is 36.1 Å². The number of carbonyl (C=O) groups is 2. The Kier molecular flexibility index (Phi) is 3.29. The van der Waals surface area contributed by atoms with Gasteiger partial charge in [0.2, 0.25) is 23.6 Å². The van der Waals surface area contributed by atoms with Crippen LogP contribution in [0.25, 0.3) is 11.5 Å². The number of hydrogen-bond donors (Lipinski definition) is 0. The molecule has 0 spiro atoms. The molecule has 2 amide bonds. The van der Waals surface area contributed by atoms with Crippen molar-refractivity contribution in [2.75, 3.05) is 0 Å². The molecule has 1 aliphatic carbocycles. The van der Waals surface area contributed by atoms with Crippen molar-refractivity contribution in [2.45, 2.75) is 19.4 Å². The molecule has 1 saturated heterocycles. The molecule has 1 fully saturated rings. The lowest BCUT2D eigenvalue weighted by molar-refractivity contribution is -0.140. The Bertz CT molecular complexity index is 755. The Morgan fingerprint density at radius 1 is 1.00 bits per heavy atom. The van der Waals surface area contributed by atoms with E-state index in [4.69, 9.17) is 4.42 Å². The number of hydrogen-bond acceptors (Lipinski definition) is 5. The summed E-state index contributed by atoms with van der Waals surface area (Å²) in [5.74, 6) is -0.0726. The summed E-state index contributed by atoms with van der Waals surface area (Å²) in [6, 6.07) is 9.39. The van der Waals surface area contributed by atoms with Gasteiger partial charge in [0.15, 0.2) is 0 Å². The first kappa shape index (κ1) is 13.9. The summed E-state index contributed by atoms with van der Waals surface area (Å²) in [7, 11) is 0. The summed E-state index contributed by atoms with van der Waals surface area (Å²) in [6.45, 7) is 0.0461. The molecule has 116 valence electrons. The minimum atomic E-state index is -0.232. The lowest BCUT2D eigenvalue weighted by atomic mass is 9.85. The highest BCUT2D eigenvalue weighted by atomic mass is 16.4. The smallest absolute Gasteiger partial charge is 0.247 e. The average molecular weight is 309 g/mol. The van der Waals surface area contributed by atoms with E-state index in [1.807, 2.05) is 42.5 Å². The normalized spacial score (nSPS) is 23.4. The molecule has 23 heavy (non-hydrogen) atoms. The van der Waals surface area contributed by atoms with Crippen LogP contribution < -0.4 is 0 Å². The molecule has 0 N–H and O–H groups in total. The lowest BCUT2D eigenvalue weighted by Crippen LogP contribution is -2.30. The summed E-state index contributed by atoms with van der Waals surface area (Å²) >= 11 is 0. The molecule has 2 aromatic rings. The highest BCUT2D eigenvalue weighted by Crippen LogP contribution is 2.35. The van der Waals surface area contributed by atoms with Crippen LogP contribution in [0.15, 0.2) is 46.9 Å². The second kappa shape index (κ2) is 5.46. The largest absolute Gasteiger partial charge is 0.419 e. The van der Waals surface area contributed by atoms with Gasteiger partial charge in [0.05, 0.1) is 11.8 Å². The first-order chi connectivity index (χ1) is 11.2. The zero-order valence-electron chi connectivity index (χ0n) is 12.4. The first-order valence-electron chi connectivity index (χ1n) is 7.62. The third-order valence-electron chi connectivity index (χ3n) is 4.38. The fraction of sp³-hybridized carbons (Fsp3) is 0.294. The number of aromatic nitrogens is 2. The van der Waals surface area contributed by atoms with Gasteiger partial charge in [-0.25, -0.2) is 0 Å². The number of imide groups is 1. The number of rotatable bonds is 3. The van der Waals surface area contributed by atoms with Crippen molar-refractivity contribution in [1.82, 2.24) is 15.1 Å². The maximum atomic E-state index is 12.4. The summed E-state index contributed by atoms with van der Waals surface area (Å²) in [4.78, 5) is 26.1. The van der Waals surface area contributed by atoms with Gasteiger partial charge in [-0.1, -0.05) is 30.4 Å². The Morgan fingerprint density at radius 3 is 2.30 bits per heavy atom. The third kappa shape index (κ3) is 2.36. The highest BCUT2D eigenvalue weighted by Gasteiger charge is 2.47. The summed E-state index contributed by atoms with van der Waals surface area (Å²) < 4.78 is 5.60. The molecule has 1 aliphatic heterocycles. The van der Waals surface area contributed by atoms with Crippen molar-refractivity contribution in [3.8, 4) is 11.5 Å². The van der Waals surface area contributed by atoms with E-state index in [1.54, 1.807) is 0 Å². The molecule has 6 heteroatoms. The van der Waals surface area contributed by atoms with Crippen LogP contribution in [0.3, 0.4) is 0 Å². The van der Waals surface area contributed by atoms with Crippen molar-refractivity contribution in [3.63, 3.8) is 0 Å². The molecule has 4 rings (SSSR count). The number of allylic oxidation sites excluding steroid dienone is 2. The van der Waals surface area contributed by atoms with Crippen LogP contribution in [-0.2, 0) is 16.1 Å². The molecular weight excluding hydrogens is 294 g/mol. The minimum absolute atomic E-state index is 0.0461. The fourth-order valence-electron chi connectivity index (χ4n) is 3.17. The fourth-order valence-corrected chi connectivity index (χ4v) is 3.17. The lowest BCUT2D eigenvalue weighted by Gasteiger charge is -2.14. The molecule has 2 atom stereocenters. The third-order valence-corrected chi connectivity index (χ3v) is 4.38. The van der Waals surface area contributed by atoms with Crippen LogP contribution in [0, 0.1) is 11.8 Å². The number of likely N-dealkylation sites (tertiary alicyclic amines) is 1. The van der Waals surface area contributed by atoms with Gasteiger partial charge in [0, 0.05) is 5.56 Å². The van der Waals surface area contributed by atoms with Gasteiger partial charge in [-0.3, -0.25) is 14.5 Å². The van der Waals surface area contributed by atoms with Crippen molar-refractivity contribution in [1.29, 1.82) is 0 Å². The molecule has 1 aromatic carbocycles. The van der Waals surface area contributed by atoms with Gasteiger partial charge in [-0.05, 0) is 25.0 Å². The van der Waals surface area contributed by atoms with E-state index in [2.05, 4.69) is 10.2 Å². The van der Waals surface area contributed by atoms with E-state index in [0.29, 0.717) is 18.7 Å². The van der Waals surface area contributed by atoms with Gasteiger partial charge in [0.25, 0.3) is 0 Å². The molecule has 0 saturated carbocycles. The molecule has 0 radical (unpaired) electrons. The highest BCUT2D eigenvalue weighted by molar-refractivity contribution is 6.05. The van der Waals surface area contributed by atoms with E-state index in [0.717, 1.165) is 5.56 Å². The number of benzene rings is 1. The van der Waals surface area contributed by atoms with Gasteiger partial charge in [-0.15, -0.1) is 10.2 Å². The maximum Gasteiger partial charge on any atom is 0.247 e. The summed E-state index contributed by atoms with van der Waals surface area (Å²) in [5, 5.41) is 7.95. The molecule has 6 nitrogen and oxygen atoms in total. The molecule has 2 aliphatic rings. The molecular formula is C17H15N3O3. The first-order valence-corrected chi connectivity index (χ1v) is 7.62. The Labute approximate surface area is 132 Å². The number of amides is 2. The van der Waals surface area contributed by atoms with E-state index in [1.165, 1.54) is 4.90 Å². The molecule has 0 bridgehead atoms. The van der Waals surface area contributed by atoms with Crippen LogP contribution in [0.2, 0.25) is 0 Å². The number of nitrogens with zero attached hydrogens (tertiary/aromatic N) is 3. The monoisotopic (exact) mass is 309 g/mol. The predicted molar refractivity (Wildman–Crippen MR) is 80.6 cm³/mol. The second-order valence-electron chi connectivity index (χ2n) is 5.79. The van der Waals surface area contributed by atoms with E-state index >= 15 is 0 Å². The molecule has 1 aromatic heterocycles. The number of fused-ring (bicyclic) bond motifs is 1. The summed E-state index contributed by atoms with van der Waals surface area (Å²) in [5.41, 5.74) is 0.809. The average Bonchev–Trinajstić information content (AvgIpc) is 3.16. The zero-order valence-corrected chi connectivity index (χ0v) is 12.4. The van der Waals surface area contributed by atoms with Crippen LogP contribution in [-0.4, -0.2) is 26.9 Å². The van der Waals surface area contributed by atoms with Crippen LogP contribution in [0.5, 0.6) is 0 Å². The van der Waals surface area contributed by atoms with Crippen molar-refractivity contribution < 1.29 is 14.0 Å². The van der Waals surface area contributed by atoms with Gasteiger partial charge >= 0.3 is 0 Å². The second-order valence-corrected chi connectivity index (χ2v) is 5.79. The molecule has 2 heterocycles. The van der Waals surface area contributed by atoms with E-state index in [9.17, 15) is 9.59 Å². The van der Waals surface area contributed by atoms with E-state index < -0.39 is 0 Å². The maximum absolute atomic E-state index is 12.4. The Balaban J connectivity index is 1.54. The summed E-state index contributed by atoms with van der Waals surface area (Å²) in [6.07, 6.45) is 5.20. The SMILES string of the molecule is O=C1[C@H]2CC=CC[C@H]2C(=O)N1Cc1nnc(-c2ccccc2)o1. The van der Waals surface area contributed by atoms with Gasteiger partial charge < -0.3 is 4.42 Å². The van der Waals surface area contributed by atoms with Crippen molar-refractivity contribution in [3.05, 3.63) is 48.4 Å². The van der Waals surface area contributed by atoms with Gasteiger partial charge in [0.1, 0.15) is 6.54 Å². The van der Waals surface area contributed by atoms with Crippen molar-refractivity contribution in [2.24, 2.45) is 11.8 Å². The Morgan fingerprint density at radius 2 is 1.65 bits per heavy atom. The quantitative estimate of drug-likeness (QED) is 0.641. The number of carbonyl (C=O) groups excluding carboxylic acids is 2. The minimum Gasteiger partial charge on any atom is -0.419 e. The standard InChI is InChI=1S/C17H15N3O3/c21-16-12-8-4-5-9-13(12)17(22)20(16)10-14-18-19-15(23-14)11-6-2-1-3-7-11/h1-7,12-13H,8-10H2/t12-,13+. The molecule has 0 unspecified atom stereocenters. The Hall–Kier alpha value is -2.76. The van der Waals surface area contributed by atoms with Crippen LogP contribution >= 0.6 is 0 Å². The van der Waals surface area contributed by atoms with Gasteiger partial charge in [-0.2, -0.15) is 0 Å². The predicted octanol–water partition coefficient (Wildman–Crippen LogP) is 2.19. The topological polar surface area (TPSA) is 76.3 Å². The van der Waals surface area contributed by atoms with Crippen LogP contribution in [0.1, 0.15) is 18.7 Å². The van der Waals surface area contributed by atoms with Crippen molar-refractivity contribution >= 4 is 11.8 Å². The zero-order chi connectivity index (χ0) is 15.8. The van der Waals surface area contributed by atoms with Crippen LogP contribution in [0.4, 0.5) is 0 Å².